The average molecular weight is 448 g/mol. The highest BCUT2D eigenvalue weighted by atomic mass is 19.4. The Morgan fingerprint density at radius 2 is 1.88 bits per heavy atom. The van der Waals surface area contributed by atoms with Crippen LogP contribution in [0.3, 0.4) is 0 Å². The minimum Gasteiger partial charge on any atom is -0.372 e. The second kappa shape index (κ2) is 9.60. The number of piperidine rings is 1. The summed E-state index contributed by atoms with van der Waals surface area (Å²) in [6.45, 7) is 2.24. The SMILES string of the molecule is O=C(CN1CCC2(CCCO2)C(OCc2ccccc2)C1)Nc1ccccc1C(F)(F)F. The van der Waals surface area contributed by atoms with Crippen LogP contribution < -0.4 is 5.32 Å². The van der Waals surface area contributed by atoms with Gasteiger partial charge >= 0.3 is 6.18 Å². The van der Waals surface area contributed by atoms with Crippen molar-refractivity contribution < 1.29 is 27.4 Å². The Bertz CT molecular complexity index is 914. The fourth-order valence-electron chi connectivity index (χ4n) is 4.52. The number of likely N-dealkylation sites (tertiary alicyclic amines) is 1. The Balaban J connectivity index is 1.40. The van der Waals surface area contributed by atoms with Gasteiger partial charge in [-0.2, -0.15) is 13.2 Å². The quantitative estimate of drug-likeness (QED) is 0.708. The molecular weight excluding hydrogens is 421 g/mol. The fourth-order valence-corrected chi connectivity index (χ4v) is 4.52. The molecule has 172 valence electrons. The van der Waals surface area contributed by atoms with E-state index >= 15 is 0 Å². The summed E-state index contributed by atoms with van der Waals surface area (Å²) < 4.78 is 52.0. The highest BCUT2D eigenvalue weighted by molar-refractivity contribution is 5.93. The molecule has 32 heavy (non-hydrogen) atoms. The number of hydrogen-bond acceptors (Lipinski definition) is 4. The van der Waals surface area contributed by atoms with E-state index in [1.54, 1.807) is 0 Å². The van der Waals surface area contributed by atoms with Crippen LogP contribution in [0.25, 0.3) is 0 Å². The predicted octanol–water partition coefficient (Wildman–Crippen LogP) is 4.48. The number of hydrogen-bond donors (Lipinski definition) is 1. The number of amides is 1. The maximum Gasteiger partial charge on any atom is 0.418 e. The van der Waals surface area contributed by atoms with Crippen LogP contribution in [-0.2, 0) is 27.1 Å². The van der Waals surface area contributed by atoms with Gasteiger partial charge in [-0.15, -0.1) is 0 Å². The van der Waals surface area contributed by atoms with Crippen LogP contribution in [0.5, 0.6) is 0 Å². The number of nitrogens with one attached hydrogen (secondary N) is 1. The molecule has 5 nitrogen and oxygen atoms in total. The number of nitrogens with zero attached hydrogens (tertiary/aromatic N) is 1. The van der Waals surface area contributed by atoms with Crippen molar-refractivity contribution in [3.05, 3.63) is 65.7 Å². The van der Waals surface area contributed by atoms with Gasteiger partial charge in [0.1, 0.15) is 0 Å². The Labute approximate surface area is 185 Å². The van der Waals surface area contributed by atoms with Crippen LogP contribution in [0.1, 0.15) is 30.4 Å². The van der Waals surface area contributed by atoms with Crippen molar-refractivity contribution in [2.24, 2.45) is 0 Å². The molecule has 2 aromatic rings. The smallest absolute Gasteiger partial charge is 0.372 e. The lowest BCUT2D eigenvalue weighted by Gasteiger charge is -2.44. The highest BCUT2D eigenvalue weighted by Gasteiger charge is 2.47. The van der Waals surface area contributed by atoms with E-state index in [-0.39, 0.29) is 23.9 Å². The zero-order chi connectivity index (χ0) is 22.6. The maximum atomic E-state index is 13.2. The standard InChI is InChI=1S/C24H27F3N2O3/c25-24(26,27)19-9-4-5-10-20(19)28-22(30)16-29-13-12-23(11-6-14-32-23)21(15-29)31-17-18-7-2-1-3-8-18/h1-5,7-10,21H,6,11-17H2,(H,28,30). The average Bonchev–Trinajstić information content (AvgIpc) is 3.24. The first kappa shape index (κ1) is 22.8. The third kappa shape index (κ3) is 5.31. The van der Waals surface area contributed by atoms with Crippen LogP contribution in [0.2, 0.25) is 0 Å². The molecule has 2 fully saturated rings. The van der Waals surface area contributed by atoms with Crippen molar-refractivity contribution >= 4 is 11.6 Å². The molecule has 1 N–H and O–H groups in total. The van der Waals surface area contributed by atoms with E-state index in [1.807, 2.05) is 35.2 Å². The number of ether oxygens (including phenoxy) is 2. The number of rotatable bonds is 6. The first-order chi connectivity index (χ1) is 15.4. The summed E-state index contributed by atoms with van der Waals surface area (Å²) in [5, 5.41) is 2.43. The van der Waals surface area contributed by atoms with E-state index in [1.165, 1.54) is 18.2 Å². The molecule has 2 unspecified atom stereocenters. The molecule has 0 aromatic heterocycles. The summed E-state index contributed by atoms with van der Waals surface area (Å²) >= 11 is 0. The van der Waals surface area contributed by atoms with Gasteiger partial charge in [-0.1, -0.05) is 42.5 Å². The Morgan fingerprint density at radius 1 is 1.12 bits per heavy atom. The lowest BCUT2D eigenvalue weighted by Crippen LogP contribution is -2.57. The number of benzene rings is 2. The molecule has 0 aliphatic carbocycles. The summed E-state index contributed by atoms with van der Waals surface area (Å²) in [6.07, 6.45) is -2.14. The molecule has 4 rings (SSSR count). The van der Waals surface area contributed by atoms with Crippen LogP contribution in [0.15, 0.2) is 54.6 Å². The monoisotopic (exact) mass is 448 g/mol. The molecule has 0 radical (unpaired) electrons. The molecule has 2 heterocycles. The molecule has 8 heteroatoms. The van der Waals surface area contributed by atoms with Gasteiger partial charge in [0, 0.05) is 19.7 Å². The number of anilines is 1. The van der Waals surface area contributed by atoms with E-state index in [0.29, 0.717) is 26.3 Å². The zero-order valence-corrected chi connectivity index (χ0v) is 17.7. The third-order valence-corrected chi connectivity index (χ3v) is 6.16. The van der Waals surface area contributed by atoms with Gasteiger partial charge in [0.15, 0.2) is 0 Å². The van der Waals surface area contributed by atoms with Crippen LogP contribution >= 0.6 is 0 Å². The van der Waals surface area contributed by atoms with Gasteiger partial charge in [0.25, 0.3) is 0 Å². The van der Waals surface area contributed by atoms with Crippen molar-refractivity contribution in [3.63, 3.8) is 0 Å². The van der Waals surface area contributed by atoms with Gasteiger partial charge in [-0.3, -0.25) is 9.69 Å². The summed E-state index contributed by atoms with van der Waals surface area (Å²) in [6, 6.07) is 14.9. The lowest BCUT2D eigenvalue weighted by molar-refractivity contribution is -0.159. The Morgan fingerprint density at radius 3 is 2.59 bits per heavy atom. The van der Waals surface area contributed by atoms with Gasteiger partial charge in [0.2, 0.25) is 5.91 Å². The molecule has 2 aliphatic rings. The van der Waals surface area contributed by atoms with E-state index in [0.717, 1.165) is 30.9 Å². The van der Waals surface area contributed by atoms with Gasteiger partial charge in [-0.25, -0.2) is 0 Å². The van der Waals surface area contributed by atoms with E-state index < -0.39 is 17.6 Å². The Kier molecular flexibility index (Phi) is 6.83. The second-order valence-electron chi connectivity index (χ2n) is 8.38. The van der Waals surface area contributed by atoms with Crippen LogP contribution in [0, 0.1) is 0 Å². The normalized spacial score (nSPS) is 24.0. The van der Waals surface area contributed by atoms with Crippen molar-refractivity contribution in [2.45, 2.75) is 43.8 Å². The van der Waals surface area contributed by atoms with E-state index in [9.17, 15) is 18.0 Å². The van der Waals surface area contributed by atoms with Crippen molar-refractivity contribution in [2.75, 3.05) is 31.6 Å². The van der Waals surface area contributed by atoms with Gasteiger partial charge in [-0.05, 0) is 37.0 Å². The molecular formula is C24H27F3N2O3. The topological polar surface area (TPSA) is 50.8 Å². The first-order valence-electron chi connectivity index (χ1n) is 10.8. The Hall–Kier alpha value is -2.42. The second-order valence-corrected chi connectivity index (χ2v) is 8.38. The third-order valence-electron chi connectivity index (χ3n) is 6.16. The van der Waals surface area contributed by atoms with E-state index in [4.69, 9.17) is 9.47 Å². The van der Waals surface area contributed by atoms with Crippen LogP contribution in [-0.4, -0.2) is 48.8 Å². The number of para-hydroxylation sites is 1. The molecule has 0 bridgehead atoms. The molecule has 2 atom stereocenters. The number of carbonyl (C=O) groups excluding carboxylic acids is 1. The minimum absolute atomic E-state index is 0.00648. The summed E-state index contributed by atoms with van der Waals surface area (Å²) in [5.41, 5.74) is -0.381. The molecule has 2 aromatic carbocycles. The molecule has 1 amide bonds. The van der Waals surface area contributed by atoms with Crippen molar-refractivity contribution in [3.8, 4) is 0 Å². The highest BCUT2D eigenvalue weighted by Crippen LogP contribution is 2.38. The number of halogens is 3. The van der Waals surface area contributed by atoms with Crippen LogP contribution in [0.4, 0.5) is 18.9 Å². The molecule has 2 aliphatic heterocycles. The largest absolute Gasteiger partial charge is 0.418 e. The fraction of sp³-hybridized carbons (Fsp3) is 0.458. The minimum atomic E-state index is -4.53. The lowest BCUT2D eigenvalue weighted by atomic mass is 9.85. The van der Waals surface area contributed by atoms with E-state index in [2.05, 4.69) is 5.32 Å². The summed E-state index contributed by atoms with van der Waals surface area (Å²) in [7, 11) is 0. The molecule has 1 spiro atoms. The maximum absolute atomic E-state index is 13.2. The van der Waals surface area contributed by atoms with Crippen molar-refractivity contribution in [1.82, 2.24) is 4.90 Å². The van der Waals surface area contributed by atoms with Gasteiger partial charge < -0.3 is 14.8 Å². The van der Waals surface area contributed by atoms with Crippen molar-refractivity contribution in [1.29, 1.82) is 0 Å². The van der Waals surface area contributed by atoms with Gasteiger partial charge in [0.05, 0.1) is 36.1 Å². The first-order valence-corrected chi connectivity index (χ1v) is 10.8. The summed E-state index contributed by atoms with van der Waals surface area (Å²) in [5.74, 6) is -0.480. The molecule has 0 saturated carbocycles. The number of alkyl halides is 3. The molecule has 2 saturated heterocycles. The predicted molar refractivity (Wildman–Crippen MR) is 114 cm³/mol. The number of carbonyl (C=O) groups is 1. The summed E-state index contributed by atoms with van der Waals surface area (Å²) in [4.78, 5) is 14.5. The zero-order valence-electron chi connectivity index (χ0n) is 17.7.